The second-order valence-electron chi connectivity index (χ2n) is 9.22. The highest BCUT2D eigenvalue weighted by molar-refractivity contribution is 5.77. The average Bonchev–Trinajstić information content (AvgIpc) is 3.39. The molecule has 168 valence electrons. The summed E-state index contributed by atoms with van der Waals surface area (Å²) in [6.07, 6.45) is 7.07. The van der Waals surface area contributed by atoms with E-state index in [1.807, 2.05) is 25.1 Å². The molecule has 1 aliphatic heterocycles. The van der Waals surface area contributed by atoms with Crippen molar-refractivity contribution in [3.05, 3.63) is 23.8 Å². The Kier molecular flexibility index (Phi) is 7.64. The molecular formula is C24H37NO5. The molecule has 1 heterocycles. The fourth-order valence-corrected chi connectivity index (χ4v) is 5.09. The molecule has 30 heavy (non-hydrogen) atoms. The van der Waals surface area contributed by atoms with E-state index in [1.165, 1.54) is 32.1 Å². The molecule has 6 nitrogen and oxygen atoms in total. The Hall–Kier alpha value is -1.79. The number of aliphatic hydroxyl groups excluding tert-OH is 2. The summed E-state index contributed by atoms with van der Waals surface area (Å²) in [5, 5.41) is 19.8. The number of aliphatic hydroxyl groups is 2. The van der Waals surface area contributed by atoms with Crippen molar-refractivity contribution < 1.29 is 24.5 Å². The van der Waals surface area contributed by atoms with Crippen LogP contribution >= 0.6 is 0 Å². The number of nitrogens with zero attached hydrogens (tertiary/aromatic N) is 1. The number of rotatable bonds is 9. The van der Waals surface area contributed by atoms with Crippen molar-refractivity contribution in [1.82, 2.24) is 4.90 Å². The first kappa shape index (κ1) is 22.9. The highest BCUT2D eigenvalue weighted by atomic mass is 16.5. The molecule has 1 amide bonds. The minimum Gasteiger partial charge on any atom is -0.493 e. The van der Waals surface area contributed by atoms with Crippen LogP contribution in [0, 0.1) is 11.3 Å². The second kappa shape index (κ2) is 10.0. The molecule has 1 saturated heterocycles. The van der Waals surface area contributed by atoms with E-state index in [0.717, 1.165) is 17.9 Å². The van der Waals surface area contributed by atoms with E-state index in [4.69, 9.17) is 9.47 Å². The van der Waals surface area contributed by atoms with Crippen LogP contribution in [0.3, 0.4) is 0 Å². The van der Waals surface area contributed by atoms with Gasteiger partial charge in [-0.1, -0.05) is 38.7 Å². The van der Waals surface area contributed by atoms with Crippen LogP contribution in [0.1, 0.15) is 63.9 Å². The van der Waals surface area contributed by atoms with Gasteiger partial charge < -0.3 is 24.6 Å². The third kappa shape index (κ3) is 4.92. The van der Waals surface area contributed by atoms with Crippen LogP contribution in [0.25, 0.3) is 0 Å². The van der Waals surface area contributed by atoms with Crippen molar-refractivity contribution >= 4 is 5.91 Å². The fraction of sp³-hybridized carbons (Fsp3) is 0.708. The summed E-state index contributed by atoms with van der Waals surface area (Å²) in [6.45, 7) is 4.79. The summed E-state index contributed by atoms with van der Waals surface area (Å²) in [4.78, 5) is 13.7. The Balaban J connectivity index is 1.73. The lowest BCUT2D eigenvalue weighted by Crippen LogP contribution is -2.38. The third-order valence-corrected chi connectivity index (χ3v) is 7.25. The van der Waals surface area contributed by atoms with Gasteiger partial charge in [-0.05, 0) is 43.4 Å². The molecule has 1 aliphatic carbocycles. The van der Waals surface area contributed by atoms with E-state index in [1.54, 1.807) is 18.9 Å². The molecule has 1 aromatic carbocycles. The van der Waals surface area contributed by atoms with Gasteiger partial charge in [-0.15, -0.1) is 0 Å². The molecule has 0 bridgehead atoms. The van der Waals surface area contributed by atoms with E-state index in [-0.39, 0.29) is 11.8 Å². The molecule has 1 aromatic rings. The van der Waals surface area contributed by atoms with E-state index in [9.17, 15) is 15.0 Å². The van der Waals surface area contributed by atoms with Crippen LogP contribution in [0.15, 0.2) is 18.2 Å². The number of hydrogen-bond acceptors (Lipinski definition) is 5. The number of amides is 1. The molecule has 3 atom stereocenters. The Morgan fingerprint density at radius 1 is 1.30 bits per heavy atom. The maximum Gasteiger partial charge on any atom is 0.248 e. The summed E-state index contributed by atoms with van der Waals surface area (Å²) >= 11 is 0. The number of carbonyl (C=O) groups is 1. The standard InChI is InChI=1S/C24H37NO5/c1-17(27)24(2)16-25(23(28)15-26)14-20(24)19-10-11-21(29-3)22(13-19)30-12-6-9-18-7-4-5-8-18/h10-11,13,17-18,20,26-27H,4-9,12,14-16H2,1-3H3/t17-,20+,24+/m1/s1. The Morgan fingerprint density at radius 3 is 2.67 bits per heavy atom. The minimum absolute atomic E-state index is 0.0558. The first-order chi connectivity index (χ1) is 14.4. The summed E-state index contributed by atoms with van der Waals surface area (Å²) in [5.41, 5.74) is 0.511. The Bertz CT molecular complexity index is 716. The lowest BCUT2D eigenvalue weighted by molar-refractivity contribution is -0.133. The molecule has 0 spiro atoms. The van der Waals surface area contributed by atoms with Gasteiger partial charge >= 0.3 is 0 Å². The Morgan fingerprint density at radius 2 is 2.03 bits per heavy atom. The van der Waals surface area contributed by atoms with Crippen molar-refractivity contribution in [2.75, 3.05) is 33.4 Å². The molecule has 3 rings (SSSR count). The topological polar surface area (TPSA) is 79.2 Å². The predicted octanol–water partition coefficient (Wildman–Crippen LogP) is 3.35. The van der Waals surface area contributed by atoms with Gasteiger partial charge in [0.1, 0.15) is 6.61 Å². The summed E-state index contributed by atoms with van der Waals surface area (Å²) < 4.78 is 11.6. The first-order valence-corrected chi connectivity index (χ1v) is 11.3. The molecule has 0 aromatic heterocycles. The average molecular weight is 420 g/mol. The first-order valence-electron chi connectivity index (χ1n) is 11.3. The largest absolute Gasteiger partial charge is 0.493 e. The molecule has 1 saturated carbocycles. The van der Waals surface area contributed by atoms with E-state index >= 15 is 0 Å². The highest BCUT2D eigenvalue weighted by Gasteiger charge is 2.48. The number of carbonyl (C=O) groups excluding carboxylic acids is 1. The summed E-state index contributed by atoms with van der Waals surface area (Å²) in [6, 6.07) is 5.88. The zero-order valence-corrected chi connectivity index (χ0v) is 18.6. The molecular weight excluding hydrogens is 382 g/mol. The lowest BCUT2D eigenvalue weighted by Gasteiger charge is -2.33. The maximum atomic E-state index is 12.1. The van der Waals surface area contributed by atoms with Crippen molar-refractivity contribution in [3.63, 3.8) is 0 Å². The van der Waals surface area contributed by atoms with Crippen LogP contribution in [0.4, 0.5) is 0 Å². The van der Waals surface area contributed by atoms with Crippen molar-refractivity contribution in [1.29, 1.82) is 0 Å². The van der Waals surface area contributed by atoms with Crippen LogP contribution in [-0.2, 0) is 4.79 Å². The SMILES string of the molecule is COc1ccc([C@@H]2CN(C(=O)CO)C[C@@]2(C)[C@@H](C)O)cc1OCCCC1CCCC1. The molecule has 6 heteroatoms. The van der Waals surface area contributed by atoms with Crippen molar-refractivity contribution in [2.45, 2.75) is 64.4 Å². The van der Waals surface area contributed by atoms with E-state index in [0.29, 0.717) is 31.2 Å². The lowest BCUT2D eigenvalue weighted by atomic mass is 9.72. The molecule has 2 aliphatic rings. The van der Waals surface area contributed by atoms with Crippen LogP contribution in [0.2, 0.25) is 0 Å². The normalized spacial score (nSPS) is 25.5. The Labute approximate surface area is 180 Å². The highest BCUT2D eigenvalue weighted by Crippen LogP contribution is 2.46. The van der Waals surface area contributed by atoms with E-state index in [2.05, 4.69) is 0 Å². The van der Waals surface area contributed by atoms with Crippen LogP contribution in [0.5, 0.6) is 11.5 Å². The monoisotopic (exact) mass is 419 g/mol. The number of ether oxygens (including phenoxy) is 2. The minimum atomic E-state index is -0.600. The van der Waals surface area contributed by atoms with Gasteiger partial charge in [0.25, 0.3) is 0 Å². The summed E-state index contributed by atoms with van der Waals surface area (Å²) in [5.74, 6) is 1.89. The second-order valence-corrected chi connectivity index (χ2v) is 9.22. The van der Waals surface area contributed by atoms with Gasteiger partial charge in [0.2, 0.25) is 5.91 Å². The maximum absolute atomic E-state index is 12.1. The van der Waals surface area contributed by atoms with Gasteiger partial charge in [-0.25, -0.2) is 0 Å². The van der Waals surface area contributed by atoms with Gasteiger partial charge in [0, 0.05) is 24.4 Å². The van der Waals surface area contributed by atoms with Gasteiger partial charge in [0.05, 0.1) is 19.8 Å². The van der Waals surface area contributed by atoms with Crippen LogP contribution in [-0.4, -0.2) is 60.5 Å². The third-order valence-electron chi connectivity index (χ3n) is 7.25. The smallest absolute Gasteiger partial charge is 0.248 e. The van der Waals surface area contributed by atoms with Gasteiger partial charge in [-0.2, -0.15) is 0 Å². The predicted molar refractivity (Wildman–Crippen MR) is 116 cm³/mol. The zero-order valence-electron chi connectivity index (χ0n) is 18.6. The molecule has 2 fully saturated rings. The number of methoxy groups -OCH3 is 1. The zero-order chi connectivity index (χ0) is 21.7. The molecule has 0 radical (unpaired) electrons. The van der Waals surface area contributed by atoms with Gasteiger partial charge in [-0.3, -0.25) is 4.79 Å². The number of benzene rings is 1. The van der Waals surface area contributed by atoms with Crippen molar-refractivity contribution in [2.24, 2.45) is 11.3 Å². The molecule has 2 N–H and O–H groups in total. The van der Waals surface area contributed by atoms with Gasteiger partial charge in [0.15, 0.2) is 11.5 Å². The fourth-order valence-electron chi connectivity index (χ4n) is 5.09. The summed E-state index contributed by atoms with van der Waals surface area (Å²) in [7, 11) is 1.64. The molecule has 0 unspecified atom stereocenters. The van der Waals surface area contributed by atoms with Crippen LogP contribution < -0.4 is 9.47 Å². The number of hydrogen-bond donors (Lipinski definition) is 2. The quantitative estimate of drug-likeness (QED) is 0.600. The van der Waals surface area contributed by atoms with Crippen molar-refractivity contribution in [3.8, 4) is 11.5 Å². The van der Waals surface area contributed by atoms with E-state index < -0.39 is 18.1 Å². The number of likely N-dealkylation sites (tertiary alicyclic amines) is 1.